The molecule has 0 radical (unpaired) electrons. The monoisotopic (exact) mass is 331 g/mol. The van der Waals surface area contributed by atoms with E-state index in [-0.39, 0.29) is 0 Å². The first-order chi connectivity index (χ1) is 11.3. The molecule has 1 aromatic carbocycles. The van der Waals surface area contributed by atoms with E-state index < -0.39 is 0 Å². The van der Waals surface area contributed by atoms with Crippen molar-refractivity contribution in [3.8, 4) is 5.75 Å². The third-order valence-corrected chi connectivity index (χ3v) is 4.50. The Morgan fingerprint density at radius 1 is 1.22 bits per heavy atom. The number of piperazine rings is 1. The molecular weight excluding hydrogens is 310 g/mol. The first kappa shape index (κ1) is 15.6. The number of anilines is 1. The van der Waals surface area contributed by atoms with Crippen LogP contribution in [-0.4, -0.2) is 55.2 Å². The predicted molar refractivity (Wildman–Crippen MR) is 94.3 cm³/mol. The Bertz CT molecular complexity index is 609. The Morgan fingerprint density at radius 3 is 2.70 bits per heavy atom. The van der Waals surface area contributed by atoms with Gasteiger partial charge in [-0.05, 0) is 12.1 Å². The van der Waals surface area contributed by atoms with Crippen molar-refractivity contribution in [3.63, 3.8) is 0 Å². The molecule has 0 amide bonds. The van der Waals surface area contributed by atoms with Crippen molar-refractivity contribution in [2.75, 3.05) is 44.2 Å². The summed E-state index contributed by atoms with van der Waals surface area (Å²) in [7, 11) is 0. The number of ether oxygens (including phenoxy) is 1. The number of hydrogen-bond donors (Lipinski definition) is 1. The third kappa shape index (κ3) is 4.35. The molecule has 1 aromatic heterocycles. The van der Waals surface area contributed by atoms with Crippen LogP contribution < -0.4 is 15.4 Å². The molecule has 0 spiro atoms. The number of aliphatic imine (C=N–C) groups is 1. The summed E-state index contributed by atoms with van der Waals surface area (Å²) in [5.74, 6) is 1.46. The maximum absolute atomic E-state index is 6.08. The summed E-state index contributed by atoms with van der Waals surface area (Å²) in [6, 6.07) is 9.74. The van der Waals surface area contributed by atoms with Gasteiger partial charge in [-0.15, -0.1) is 11.3 Å². The highest BCUT2D eigenvalue weighted by Crippen LogP contribution is 2.18. The van der Waals surface area contributed by atoms with Gasteiger partial charge in [0.1, 0.15) is 12.4 Å². The summed E-state index contributed by atoms with van der Waals surface area (Å²) in [5.41, 5.74) is 6.08. The van der Waals surface area contributed by atoms with Gasteiger partial charge in [0, 0.05) is 37.8 Å². The smallest absolute Gasteiger partial charge is 0.191 e. The van der Waals surface area contributed by atoms with Crippen LogP contribution in [0.5, 0.6) is 5.75 Å². The van der Waals surface area contributed by atoms with Gasteiger partial charge in [-0.1, -0.05) is 18.2 Å². The Hall–Kier alpha value is -2.28. The van der Waals surface area contributed by atoms with E-state index in [1.165, 1.54) is 0 Å². The van der Waals surface area contributed by atoms with Crippen LogP contribution in [0.1, 0.15) is 0 Å². The standard InChI is InChI=1S/C16H21N5OS/c17-15(18-6-12-22-14-4-2-1-3-5-14)20-8-10-21(11-9-20)16-19-7-13-23-16/h1-5,7,13H,6,8-12H2,(H2,17,18). The number of rotatable bonds is 5. The van der Waals surface area contributed by atoms with Crippen molar-refractivity contribution in [1.29, 1.82) is 0 Å². The molecule has 6 nitrogen and oxygen atoms in total. The number of para-hydroxylation sites is 1. The molecule has 122 valence electrons. The summed E-state index contributed by atoms with van der Waals surface area (Å²) in [5, 5.41) is 3.08. The molecule has 1 aliphatic rings. The zero-order chi connectivity index (χ0) is 15.9. The van der Waals surface area contributed by atoms with E-state index in [1.807, 2.05) is 41.9 Å². The van der Waals surface area contributed by atoms with E-state index in [2.05, 4.69) is 19.8 Å². The topological polar surface area (TPSA) is 67.0 Å². The van der Waals surface area contributed by atoms with E-state index >= 15 is 0 Å². The zero-order valence-corrected chi connectivity index (χ0v) is 13.8. The number of benzene rings is 1. The van der Waals surface area contributed by atoms with Crippen LogP contribution in [0.3, 0.4) is 0 Å². The van der Waals surface area contributed by atoms with Crippen LogP contribution in [0.15, 0.2) is 46.9 Å². The highest BCUT2D eigenvalue weighted by atomic mass is 32.1. The Kier molecular flexibility index (Phi) is 5.31. The van der Waals surface area contributed by atoms with E-state index in [1.54, 1.807) is 11.3 Å². The van der Waals surface area contributed by atoms with Crippen LogP contribution in [0.25, 0.3) is 0 Å². The Morgan fingerprint density at radius 2 is 2.00 bits per heavy atom. The maximum atomic E-state index is 6.08. The van der Waals surface area contributed by atoms with Crippen molar-refractivity contribution in [3.05, 3.63) is 41.9 Å². The molecular formula is C16H21N5OS. The minimum Gasteiger partial charge on any atom is -0.492 e. The van der Waals surface area contributed by atoms with Gasteiger partial charge < -0.3 is 20.3 Å². The second-order valence-corrected chi connectivity index (χ2v) is 6.06. The normalized spacial score (nSPS) is 15.7. The third-order valence-electron chi connectivity index (χ3n) is 3.67. The fraction of sp³-hybridized carbons (Fsp3) is 0.375. The second-order valence-electron chi connectivity index (χ2n) is 5.19. The van der Waals surface area contributed by atoms with Gasteiger partial charge in [0.05, 0.1) is 6.54 Å². The SMILES string of the molecule is NC(=NCCOc1ccccc1)N1CCN(c2nccs2)CC1. The Balaban J connectivity index is 1.41. The van der Waals surface area contributed by atoms with Crippen molar-refractivity contribution in [2.45, 2.75) is 0 Å². The average Bonchev–Trinajstić information content (AvgIpc) is 3.14. The lowest BCUT2D eigenvalue weighted by molar-refractivity contribution is 0.326. The fourth-order valence-corrected chi connectivity index (χ4v) is 3.14. The van der Waals surface area contributed by atoms with Crippen LogP contribution in [0, 0.1) is 0 Å². The van der Waals surface area contributed by atoms with E-state index in [0.29, 0.717) is 19.1 Å². The first-order valence-electron chi connectivity index (χ1n) is 7.70. The molecule has 2 heterocycles. The number of guanidine groups is 1. The quantitative estimate of drug-likeness (QED) is 0.513. The van der Waals surface area contributed by atoms with Crippen LogP contribution in [0.2, 0.25) is 0 Å². The van der Waals surface area contributed by atoms with Crippen LogP contribution in [-0.2, 0) is 0 Å². The van der Waals surface area contributed by atoms with Gasteiger partial charge in [-0.3, -0.25) is 0 Å². The molecule has 2 N–H and O–H groups in total. The van der Waals surface area contributed by atoms with E-state index in [4.69, 9.17) is 10.5 Å². The van der Waals surface area contributed by atoms with Crippen molar-refractivity contribution in [1.82, 2.24) is 9.88 Å². The summed E-state index contributed by atoms with van der Waals surface area (Å²) in [6.07, 6.45) is 1.84. The fourth-order valence-electron chi connectivity index (χ4n) is 2.44. The maximum Gasteiger partial charge on any atom is 0.191 e. The molecule has 1 fully saturated rings. The van der Waals surface area contributed by atoms with E-state index in [9.17, 15) is 0 Å². The molecule has 0 aliphatic carbocycles. The highest BCUT2D eigenvalue weighted by molar-refractivity contribution is 7.13. The van der Waals surface area contributed by atoms with Gasteiger partial charge in [0.2, 0.25) is 0 Å². The molecule has 7 heteroatoms. The molecule has 1 aliphatic heterocycles. The number of nitrogens with two attached hydrogens (primary N) is 1. The summed E-state index contributed by atoms with van der Waals surface area (Å²) < 4.78 is 5.61. The molecule has 23 heavy (non-hydrogen) atoms. The predicted octanol–water partition coefficient (Wildman–Crippen LogP) is 1.66. The Labute approximate surface area is 140 Å². The second kappa shape index (κ2) is 7.82. The molecule has 0 bridgehead atoms. The van der Waals surface area contributed by atoms with Gasteiger partial charge >= 0.3 is 0 Å². The molecule has 2 aromatic rings. The summed E-state index contributed by atoms with van der Waals surface area (Å²) in [4.78, 5) is 13.2. The highest BCUT2D eigenvalue weighted by Gasteiger charge is 2.19. The lowest BCUT2D eigenvalue weighted by Gasteiger charge is -2.35. The lowest BCUT2D eigenvalue weighted by atomic mass is 10.3. The van der Waals surface area contributed by atoms with Gasteiger partial charge in [-0.25, -0.2) is 9.98 Å². The molecule has 1 saturated heterocycles. The van der Waals surface area contributed by atoms with Crippen molar-refractivity contribution < 1.29 is 4.74 Å². The first-order valence-corrected chi connectivity index (χ1v) is 8.58. The molecule has 0 unspecified atom stereocenters. The van der Waals surface area contributed by atoms with Gasteiger partial charge in [-0.2, -0.15) is 0 Å². The minimum absolute atomic E-state index is 0.532. The average molecular weight is 331 g/mol. The van der Waals surface area contributed by atoms with E-state index in [0.717, 1.165) is 37.1 Å². The largest absolute Gasteiger partial charge is 0.492 e. The molecule has 3 rings (SSSR count). The number of nitrogens with zero attached hydrogens (tertiary/aromatic N) is 4. The number of aromatic nitrogens is 1. The molecule has 0 saturated carbocycles. The lowest BCUT2D eigenvalue weighted by Crippen LogP contribution is -2.51. The number of hydrogen-bond acceptors (Lipinski definition) is 5. The summed E-state index contributed by atoms with van der Waals surface area (Å²) >= 11 is 1.67. The van der Waals surface area contributed by atoms with Crippen LogP contribution in [0.4, 0.5) is 5.13 Å². The summed E-state index contributed by atoms with van der Waals surface area (Å²) in [6.45, 7) is 4.68. The number of thiazole rings is 1. The van der Waals surface area contributed by atoms with Gasteiger partial charge in [0.25, 0.3) is 0 Å². The zero-order valence-electron chi connectivity index (χ0n) is 13.0. The van der Waals surface area contributed by atoms with Gasteiger partial charge in [0.15, 0.2) is 11.1 Å². The van der Waals surface area contributed by atoms with Crippen molar-refractivity contribution >= 4 is 22.4 Å². The van der Waals surface area contributed by atoms with Crippen LogP contribution >= 0.6 is 11.3 Å². The molecule has 0 atom stereocenters. The van der Waals surface area contributed by atoms with Crippen molar-refractivity contribution in [2.24, 2.45) is 10.7 Å². The minimum atomic E-state index is 0.532.